The molecule has 0 saturated heterocycles. The van der Waals surface area contributed by atoms with E-state index in [2.05, 4.69) is 26.0 Å². The Bertz CT molecular complexity index is 740. The van der Waals surface area contributed by atoms with Gasteiger partial charge in [-0.25, -0.2) is 4.98 Å². The van der Waals surface area contributed by atoms with E-state index in [1.807, 2.05) is 36.6 Å². The molecule has 0 radical (unpaired) electrons. The van der Waals surface area contributed by atoms with Crippen LogP contribution in [0.15, 0.2) is 28.9 Å². The molecule has 3 aromatic rings. The lowest BCUT2D eigenvalue weighted by atomic mass is 10.3. The molecule has 0 aliphatic carbocycles. The molecule has 0 aliphatic rings. The largest absolute Gasteiger partial charge is 0.383 e. The molecular weight excluding hydrogens is 294 g/mol. The molecule has 3 rings (SSSR count). The summed E-state index contributed by atoms with van der Waals surface area (Å²) in [6, 6.07) is 5.82. The van der Waals surface area contributed by atoms with Crippen molar-refractivity contribution in [3.8, 4) is 11.4 Å². The van der Waals surface area contributed by atoms with Gasteiger partial charge < -0.3 is 5.73 Å². The predicted molar refractivity (Wildman–Crippen MR) is 74.2 cm³/mol. The number of aryl methyl sites for hydroxylation is 2. The van der Waals surface area contributed by atoms with E-state index < -0.39 is 0 Å². The Balaban J connectivity index is 2.37. The van der Waals surface area contributed by atoms with Gasteiger partial charge in [0.15, 0.2) is 0 Å². The van der Waals surface area contributed by atoms with Crippen molar-refractivity contribution >= 4 is 27.4 Å². The van der Waals surface area contributed by atoms with Crippen LogP contribution in [-0.2, 0) is 7.05 Å². The number of imidazole rings is 1. The molecule has 2 N–H and O–H groups in total. The van der Waals surface area contributed by atoms with Gasteiger partial charge in [0.2, 0.25) is 0 Å². The third-order valence-electron chi connectivity index (χ3n) is 3.06. The summed E-state index contributed by atoms with van der Waals surface area (Å²) >= 11 is 3.50. The van der Waals surface area contributed by atoms with E-state index in [4.69, 9.17) is 5.73 Å². The third kappa shape index (κ3) is 1.45. The summed E-state index contributed by atoms with van der Waals surface area (Å²) in [5, 5.41) is 4.15. The third-order valence-corrected chi connectivity index (χ3v) is 3.90. The molecule has 0 atom stereocenters. The molecule has 0 aliphatic heterocycles. The average molecular weight is 306 g/mol. The van der Waals surface area contributed by atoms with Crippen LogP contribution >= 0.6 is 15.9 Å². The molecule has 0 amide bonds. The molecule has 18 heavy (non-hydrogen) atoms. The zero-order valence-electron chi connectivity index (χ0n) is 10.1. The summed E-state index contributed by atoms with van der Waals surface area (Å²) in [5.74, 6) is 0.632. The van der Waals surface area contributed by atoms with Crippen molar-refractivity contribution in [3.05, 3.63) is 34.6 Å². The molecule has 0 bridgehead atoms. The van der Waals surface area contributed by atoms with Crippen molar-refractivity contribution in [2.45, 2.75) is 6.92 Å². The Kier molecular flexibility index (Phi) is 2.41. The molecule has 0 aromatic carbocycles. The number of rotatable bonds is 1. The highest BCUT2D eigenvalue weighted by atomic mass is 79.9. The predicted octanol–water partition coefficient (Wildman–Crippen LogP) is 2.39. The Hall–Kier alpha value is -1.82. The molecule has 6 heteroatoms. The van der Waals surface area contributed by atoms with Gasteiger partial charge in [-0.1, -0.05) is 0 Å². The van der Waals surface area contributed by atoms with Gasteiger partial charge in [0.1, 0.15) is 17.2 Å². The number of anilines is 1. The molecule has 5 nitrogen and oxygen atoms in total. The minimum absolute atomic E-state index is 0.632. The molecule has 0 fully saturated rings. The molecule has 3 aromatic heterocycles. The number of nitrogen functional groups attached to an aromatic ring is 1. The van der Waals surface area contributed by atoms with Gasteiger partial charge in [-0.05, 0) is 41.1 Å². The van der Waals surface area contributed by atoms with E-state index in [-0.39, 0.29) is 0 Å². The van der Waals surface area contributed by atoms with Crippen LogP contribution in [0.3, 0.4) is 0 Å². The standard InChI is InChI=1S/C12H12BrN5/c1-7-8(13)3-4-10-16-11(12(14)18(7)10)9-5-6-15-17(9)2/h3-6H,14H2,1-2H3. The number of hydrogen-bond donors (Lipinski definition) is 1. The van der Waals surface area contributed by atoms with Gasteiger partial charge in [0.25, 0.3) is 0 Å². The number of fused-ring (bicyclic) bond motifs is 1. The van der Waals surface area contributed by atoms with Crippen LogP contribution in [0, 0.1) is 6.92 Å². The lowest BCUT2D eigenvalue weighted by Gasteiger charge is -2.04. The molecule has 0 saturated carbocycles. The second-order valence-electron chi connectivity index (χ2n) is 4.15. The Morgan fingerprint density at radius 3 is 2.72 bits per heavy atom. The van der Waals surface area contributed by atoms with Gasteiger partial charge in [0.05, 0.1) is 5.69 Å². The van der Waals surface area contributed by atoms with Gasteiger partial charge in [-0.15, -0.1) is 0 Å². The summed E-state index contributed by atoms with van der Waals surface area (Å²) in [7, 11) is 1.88. The highest BCUT2D eigenvalue weighted by molar-refractivity contribution is 9.10. The molecule has 0 unspecified atom stereocenters. The second-order valence-corrected chi connectivity index (χ2v) is 5.00. The first-order chi connectivity index (χ1) is 8.59. The summed E-state index contributed by atoms with van der Waals surface area (Å²) in [6.07, 6.45) is 1.74. The summed E-state index contributed by atoms with van der Waals surface area (Å²) in [4.78, 5) is 4.57. The highest BCUT2D eigenvalue weighted by Gasteiger charge is 2.15. The van der Waals surface area contributed by atoms with E-state index in [0.717, 1.165) is 27.2 Å². The maximum Gasteiger partial charge on any atom is 0.139 e. The molecule has 92 valence electrons. The first kappa shape index (κ1) is 11.3. The zero-order chi connectivity index (χ0) is 12.9. The highest BCUT2D eigenvalue weighted by Crippen LogP contribution is 2.29. The van der Waals surface area contributed by atoms with Gasteiger partial charge in [0, 0.05) is 23.4 Å². The van der Waals surface area contributed by atoms with Crippen molar-refractivity contribution in [2.75, 3.05) is 5.73 Å². The van der Waals surface area contributed by atoms with E-state index in [1.54, 1.807) is 10.9 Å². The Morgan fingerprint density at radius 1 is 1.28 bits per heavy atom. The maximum atomic E-state index is 6.21. The first-order valence-electron chi connectivity index (χ1n) is 5.51. The molecular formula is C12H12BrN5. The van der Waals surface area contributed by atoms with Crippen molar-refractivity contribution < 1.29 is 0 Å². The van der Waals surface area contributed by atoms with Crippen molar-refractivity contribution in [1.29, 1.82) is 0 Å². The van der Waals surface area contributed by atoms with Crippen LogP contribution in [-0.4, -0.2) is 19.2 Å². The summed E-state index contributed by atoms with van der Waals surface area (Å²) in [6.45, 7) is 2.00. The Labute approximate surface area is 112 Å². The van der Waals surface area contributed by atoms with Crippen LogP contribution < -0.4 is 5.73 Å². The van der Waals surface area contributed by atoms with Crippen molar-refractivity contribution in [3.63, 3.8) is 0 Å². The van der Waals surface area contributed by atoms with Gasteiger partial charge in [-0.3, -0.25) is 9.08 Å². The minimum atomic E-state index is 0.632. The van der Waals surface area contributed by atoms with Crippen LogP contribution in [0.25, 0.3) is 17.0 Å². The summed E-state index contributed by atoms with van der Waals surface area (Å²) in [5.41, 5.74) is 9.75. The maximum absolute atomic E-state index is 6.21. The quantitative estimate of drug-likeness (QED) is 0.751. The number of pyridine rings is 1. The van der Waals surface area contributed by atoms with E-state index in [0.29, 0.717) is 5.82 Å². The lowest BCUT2D eigenvalue weighted by Crippen LogP contribution is -2.00. The van der Waals surface area contributed by atoms with Crippen LogP contribution in [0.5, 0.6) is 0 Å². The number of aromatic nitrogens is 4. The SMILES string of the molecule is Cc1c(Br)ccc2nc(-c3ccnn3C)c(N)n12. The van der Waals surface area contributed by atoms with Crippen LogP contribution in [0.4, 0.5) is 5.82 Å². The van der Waals surface area contributed by atoms with Crippen LogP contribution in [0.2, 0.25) is 0 Å². The number of hydrogen-bond acceptors (Lipinski definition) is 3. The number of halogens is 1. The normalized spacial score (nSPS) is 11.3. The number of nitrogens with two attached hydrogens (primary N) is 1. The fourth-order valence-corrected chi connectivity index (χ4v) is 2.39. The van der Waals surface area contributed by atoms with Crippen molar-refractivity contribution in [2.24, 2.45) is 7.05 Å². The first-order valence-corrected chi connectivity index (χ1v) is 6.30. The smallest absolute Gasteiger partial charge is 0.139 e. The van der Waals surface area contributed by atoms with Gasteiger partial charge >= 0.3 is 0 Å². The number of nitrogens with zero attached hydrogens (tertiary/aromatic N) is 4. The van der Waals surface area contributed by atoms with E-state index >= 15 is 0 Å². The topological polar surface area (TPSA) is 61.1 Å². The fourth-order valence-electron chi connectivity index (χ4n) is 2.09. The molecule has 3 heterocycles. The zero-order valence-corrected chi connectivity index (χ0v) is 11.6. The minimum Gasteiger partial charge on any atom is -0.383 e. The average Bonchev–Trinajstić information content (AvgIpc) is 2.89. The Morgan fingerprint density at radius 2 is 2.06 bits per heavy atom. The van der Waals surface area contributed by atoms with Crippen molar-refractivity contribution in [1.82, 2.24) is 19.2 Å². The second kappa shape index (κ2) is 3.84. The lowest BCUT2D eigenvalue weighted by molar-refractivity contribution is 0.774. The fraction of sp³-hybridized carbons (Fsp3) is 0.167. The van der Waals surface area contributed by atoms with Gasteiger partial charge in [-0.2, -0.15) is 5.10 Å². The summed E-state index contributed by atoms with van der Waals surface area (Å²) < 4.78 is 4.71. The monoisotopic (exact) mass is 305 g/mol. The van der Waals surface area contributed by atoms with E-state index in [9.17, 15) is 0 Å². The van der Waals surface area contributed by atoms with E-state index in [1.165, 1.54) is 0 Å². The molecule has 0 spiro atoms. The van der Waals surface area contributed by atoms with Crippen LogP contribution in [0.1, 0.15) is 5.69 Å².